The lowest BCUT2D eigenvalue weighted by Crippen LogP contribution is -2.65. The van der Waals surface area contributed by atoms with Crippen molar-refractivity contribution >= 4 is 34.7 Å². The molecule has 0 radical (unpaired) electrons. The van der Waals surface area contributed by atoms with E-state index in [1.165, 1.54) is 26.4 Å². The Balaban J connectivity index is 1.52. The summed E-state index contributed by atoms with van der Waals surface area (Å²) in [6.45, 7) is 0. The van der Waals surface area contributed by atoms with Crippen molar-refractivity contribution in [1.29, 1.82) is 0 Å². The number of hydrogen-bond donors (Lipinski definition) is 6. The third-order valence-electron chi connectivity index (χ3n) is 10.6. The Hall–Kier alpha value is -4.68. The molecule has 4 fully saturated rings. The van der Waals surface area contributed by atoms with Gasteiger partial charge in [-0.1, -0.05) is 0 Å². The van der Waals surface area contributed by atoms with Gasteiger partial charge in [0.25, 0.3) is 0 Å². The molecule has 0 amide bonds. The highest BCUT2D eigenvalue weighted by atomic mass is 16.5. The third kappa shape index (κ3) is 2.14. The van der Waals surface area contributed by atoms with Crippen molar-refractivity contribution in [3.05, 3.63) is 57.7 Å². The van der Waals surface area contributed by atoms with Crippen molar-refractivity contribution < 1.29 is 59.3 Å². The number of hydrogen-bond acceptors (Lipinski definition) is 12. The summed E-state index contributed by atoms with van der Waals surface area (Å²) in [5.41, 5.74) is -7.16. The molecule has 0 heterocycles. The number of carbonyl (C=O) groups excluding carboxylic acids is 4. The van der Waals surface area contributed by atoms with E-state index in [1.807, 2.05) is 0 Å². The molecule has 2 unspecified atom stereocenters. The van der Waals surface area contributed by atoms with Crippen molar-refractivity contribution in [2.24, 2.45) is 34.5 Å². The Morgan fingerprint density at radius 1 is 0.619 bits per heavy atom. The summed E-state index contributed by atoms with van der Waals surface area (Å²) in [7, 11) is 2.55. The molecule has 12 heteroatoms. The van der Waals surface area contributed by atoms with Gasteiger partial charge in [0, 0.05) is 35.1 Å². The number of rotatable bonds is 2. The molecule has 6 aliphatic rings. The minimum atomic E-state index is -2.33. The number of benzene rings is 2. The van der Waals surface area contributed by atoms with Gasteiger partial charge in [-0.05, 0) is 12.1 Å². The molecule has 214 valence electrons. The van der Waals surface area contributed by atoms with Crippen LogP contribution in [-0.4, -0.2) is 80.2 Å². The van der Waals surface area contributed by atoms with Crippen LogP contribution in [0.3, 0.4) is 0 Å². The molecule has 8 rings (SSSR count). The summed E-state index contributed by atoms with van der Waals surface area (Å²) in [5, 5.41) is 68.2. The van der Waals surface area contributed by atoms with Crippen LogP contribution in [0.1, 0.15) is 31.8 Å². The van der Waals surface area contributed by atoms with Gasteiger partial charge < -0.3 is 40.1 Å². The first kappa shape index (κ1) is 25.1. The van der Waals surface area contributed by atoms with Gasteiger partial charge in [0.05, 0.1) is 71.4 Å². The molecule has 2 aromatic rings. The minimum absolute atomic E-state index is 0.0209. The molecular formula is C30H22O12. The smallest absolute Gasteiger partial charge is 0.175 e. The Morgan fingerprint density at radius 2 is 0.976 bits per heavy atom. The number of aliphatic hydroxyl groups is 4. The van der Waals surface area contributed by atoms with E-state index in [0.29, 0.717) is 0 Å². The maximum absolute atomic E-state index is 14.6. The average molecular weight is 574 g/mol. The summed E-state index contributed by atoms with van der Waals surface area (Å²) in [6.07, 6.45) is -3.49. The summed E-state index contributed by atoms with van der Waals surface area (Å²) >= 11 is 0. The molecule has 12 nitrogen and oxygen atoms in total. The molecular weight excluding hydrogens is 552 g/mol. The quantitative estimate of drug-likeness (QED) is 0.298. The highest BCUT2D eigenvalue weighted by Gasteiger charge is 2.89. The van der Waals surface area contributed by atoms with Gasteiger partial charge in [0.1, 0.15) is 34.5 Å². The molecule has 6 aliphatic carbocycles. The monoisotopic (exact) mass is 574 g/mol. The number of methoxy groups -OCH3 is 2. The number of phenolic OH excluding ortho intramolecular Hbond substituents is 2. The van der Waals surface area contributed by atoms with E-state index in [9.17, 15) is 49.8 Å². The first-order chi connectivity index (χ1) is 19.9. The fourth-order valence-corrected chi connectivity index (χ4v) is 9.41. The fourth-order valence-electron chi connectivity index (χ4n) is 9.41. The van der Waals surface area contributed by atoms with Crippen LogP contribution in [0.15, 0.2) is 35.4 Å². The zero-order valence-electron chi connectivity index (χ0n) is 21.9. The molecule has 4 bridgehead atoms. The summed E-state index contributed by atoms with van der Waals surface area (Å²) in [4.78, 5) is 58.2. The maximum Gasteiger partial charge on any atom is 0.175 e. The standard InChI is InChI=1S/C30H22O12/c1-41-7-3-9-13(11(31)5-7)21(33)17-25(37)20-23(35)15-16-24(36)19(29(15,17)27(9)39)26(38)18-22(34)14-10(28(40)30(16,18)20)4-8(42-2)6-12(14)32/h3-6,15-16,19-20,23-24,31-36H,1-2H3/t15-,16+,19+,20-,23-,24-,29?,30?/m1/s1. The zero-order valence-corrected chi connectivity index (χ0v) is 21.9. The number of allylic oxidation sites excluding steroid dienone is 2. The van der Waals surface area contributed by atoms with Crippen LogP contribution in [-0.2, 0) is 9.59 Å². The Kier molecular flexibility index (Phi) is 4.30. The van der Waals surface area contributed by atoms with Crippen LogP contribution in [0, 0.1) is 34.5 Å². The number of aromatic hydroxyl groups is 2. The summed E-state index contributed by atoms with van der Waals surface area (Å²) in [5.74, 6) is -13.1. The number of ether oxygens (including phenoxy) is 2. The molecule has 2 aromatic carbocycles. The zero-order chi connectivity index (χ0) is 29.9. The van der Waals surface area contributed by atoms with E-state index in [4.69, 9.17) is 9.47 Å². The molecule has 0 saturated heterocycles. The molecule has 2 spiro atoms. The van der Waals surface area contributed by atoms with E-state index in [0.717, 1.165) is 12.1 Å². The van der Waals surface area contributed by atoms with E-state index in [1.54, 1.807) is 0 Å². The number of fused-ring (bicyclic) bond motifs is 4. The Morgan fingerprint density at radius 3 is 1.31 bits per heavy atom. The number of phenols is 2. The van der Waals surface area contributed by atoms with Crippen LogP contribution >= 0.6 is 0 Å². The normalized spacial score (nSPS) is 36.7. The lowest BCUT2D eigenvalue weighted by molar-refractivity contribution is -0.142. The van der Waals surface area contributed by atoms with Crippen LogP contribution in [0.5, 0.6) is 23.0 Å². The number of Topliss-reactive ketones (excluding diaryl/α,β-unsaturated/α-hetero) is 4. The highest BCUT2D eigenvalue weighted by molar-refractivity contribution is 6.30. The Labute approximate surface area is 235 Å². The lowest BCUT2D eigenvalue weighted by atomic mass is 9.46. The van der Waals surface area contributed by atoms with Crippen molar-refractivity contribution in [3.8, 4) is 23.0 Å². The maximum atomic E-state index is 14.6. The van der Waals surface area contributed by atoms with Crippen molar-refractivity contribution in [2.75, 3.05) is 14.2 Å². The third-order valence-corrected chi connectivity index (χ3v) is 10.6. The van der Waals surface area contributed by atoms with Gasteiger partial charge in [-0.15, -0.1) is 0 Å². The first-order valence-corrected chi connectivity index (χ1v) is 13.2. The van der Waals surface area contributed by atoms with E-state index < -0.39 is 104 Å². The largest absolute Gasteiger partial charge is 0.507 e. The molecule has 8 atom stereocenters. The summed E-state index contributed by atoms with van der Waals surface area (Å²) < 4.78 is 10.3. The highest BCUT2D eigenvalue weighted by Crippen LogP contribution is 2.80. The number of aliphatic hydroxyl groups excluding tert-OH is 4. The van der Waals surface area contributed by atoms with Crippen molar-refractivity contribution in [1.82, 2.24) is 0 Å². The van der Waals surface area contributed by atoms with Gasteiger partial charge >= 0.3 is 0 Å². The van der Waals surface area contributed by atoms with Gasteiger partial charge in [-0.3, -0.25) is 19.2 Å². The molecule has 4 saturated carbocycles. The number of ketones is 4. The minimum Gasteiger partial charge on any atom is -0.507 e. The van der Waals surface area contributed by atoms with Crippen LogP contribution < -0.4 is 9.47 Å². The van der Waals surface area contributed by atoms with Gasteiger partial charge in [0.2, 0.25) is 0 Å². The van der Waals surface area contributed by atoms with Gasteiger partial charge in [0.15, 0.2) is 23.1 Å². The molecule has 42 heavy (non-hydrogen) atoms. The second kappa shape index (κ2) is 7.20. The average Bonchev–Trinajstić information content (AvgIpc) is 3.31. The van der Waals surface area contributed by atoms with E-state index in [2.05, 4.69) is 0 Å². The molecule has 6 N–H and O–H groups in total. The van der Waals surface area contributed by atoms with E-state index in [-0.39, 0.29) is 33.8 Å². The van der Waals surface area contributed by atoms with Crippen LogP contribution in [0.2, 0.25) is 0 Å². The van der Waals surface area contributed by atoms with Crippen molar-refractivity contribution in [2.45, 2.75) is 12.2 Å². The topological polar surface area (TPSA) is 208 Å². The van der Waals surface area contributed by atoms with Crippen molar-refractivity contribution in [3.63, 3.8) is 0 Å². The second-order valence-corrected chi connectivity index (χ2v) is 11.7. The molecule has 0 aliphatic heterocycles. The lowest BCUT2D eigenvalue weighted by Gasteiger charge is -2.53. The predicted molar refractivity (Wildman–Crippen MR) is 138 cm³/mol. The second-order valence-electron chi connectivity index (χ2n) is 11.7. The van der Waals surface area contributed by atoms with Crippen LogP contribution in [0.4, 0.5) is 0 Å². The van der Waals surface area contributed by atoms with Gasteiger partial charge in [-0.25, -0.2) is 0 Å². The SMILES string of the molecule is COc1cc(O)c2c(c1)C(=O)C13C(=C2O)C(=O)[C@H]2[C@H](O)[C@H]1[C@H]1[C@@H](O)[C@H]3C(=O)C3=C(O)c4c(O)cc(OC)cc4C(=O)C312. The van der Waals surface area contributed by atoms with Gasteiger partial charge in [-0.2, -0.15) is 0 Å². The van der Waals surface area contributed by atoms with E-state index >= 15 is 0 Å². The summed E-state index contributed by atoms with van der Waals surface area (Å²) in [6, 6.07) is 4.67. The number of carbonyl (C=O) groups is 4. The first-order valence-electron chi connectivity index (χ1n) is 13.2. The Bertz CT molecular complexity index is 1720. The van der Waals surface area contributed by atoms with Crippen LogP contribution in [0.25, 0.3) is 11.5 Å². The fraction of sp³-hybridized carbons (Fsp3) is 0.333. The predicted octanol–water partition coefficient (Wildman–Crippen LogP) is 1.10. The molecule has 0 aromatic heterocycles.